The Morgan fingerprint density at radius 3 is 2.41 bits per heavy atom. The summed E-state index contributed by atoms with van der Waals surface area (Å²) in [7, 11) is 0. The number of rotatable bonds is 5. The molecule has 11 heteroatoms. The van der Waals surface area contributed by atoms with Gasteiger partial charge < -0.3 is 10.4 Å². The van der Waals surface area contributed by atoms with Gasteiger partial charge in [-0.25, -0.2) is 4.68 Å². The molecule has 0 bridgehead atoms. The van der Waals surface area contributed by atoms with Gasteiger partial charge in [-0.05, 0) is 36.8 Å². The minimum atomic E-state index is -4.68. The topological polar surface area (TPSA) is 67.2 Å². The third-order valence-electron chi connectivity index (χ3n) is 4.75. The first kappa shape index (κ1) is 23.3. The molecule has 0 fully saturated rings. The fourth-order valence-electron chi connectivity index (χ4n) is 3.15. The number of aliphatic hydroxyl groups excluding tert-OH is 1. The summed E-state index contributed by atoms with van der Waals surface area (Å²) in [6.45, 7) is 0.942. The Balaban J connectivity index is 1.77. The average molecular weight is 457 g/mol. The molecule has 2 aromatic carbocycles. The molecule has 170 valence electrons. The van der Waals surface area contributed by atoms with Gasteiger partial charge in [-0.3, -0.25) is 4.79 Å². The van der Waals surface area contributed by atoms with Crippen molar-refractivity contribution in [2.45, 2.75) is 25.4 Å². The number of carbonyl (C=O) groups excluding carboxylic acids is 1. The van der Waals surface area contributed by atoms with Crippen LogP contribution in [0.15, 0.2) is 54.7 Å². The van der Waals surface area contributed by atoms with Crippen molar-refractivity contribution in [2.75, 3.05) is 6.54 Å². The zero-order valence-corrected chi connectivity index (χ0v) is 16.5. The van der Waals surface area contributed by atoms with Crippen molar-refractivity contribution >= 4 is 5.91 Å². The summed E-state index contributed by atoms with van der Waals surface area (Å²) in [6.07, 6.45) is -9.73. The lowest BCUT2D eigenvalue weighted by Crippen LogP contribution is -2.29. The molecule has 0 spiro atoms. The Morgan fingerprint density at radius 2 is 1.75 bits per heavy atom. The molecule has 0 saturated heterocycles. The summed E-state index contributed by atoms with van der Waals surface area (Å²) >= 11 is 0. The van der Waals surface area contributed by atoms with E-state index in [0.29, 0.717) is 0 Å². The number of aliphatic hydroxyl groups is 1. The van der Waals surface area contributed by atoms with Gasteiger partial charge in [0.2, 0.25) is 0 Å². The van der Waals surface area contributed by atoms with Crippen molar-refractivity contribution in [3.05, 3.63) is 82.7 Å². The van der Waals surface area contributed by atoms with E-state index in [1.807, 2.05) is 0 Å². The molecule has 1 amide bonds. The number of nitrogens with one attached hydrogen (secondary N) is 1. The lowest BCUT2D eigenvalue weighted by atomic mass is 10.0. The first-order valence-corrected chi connectivity index (χ1v) is 9.24. The molecule has 5 nitrogen and oxygen atoms in total. The molecule has 32 heavy (non-hydrogen) atoms. The highest BCUT2D eigenvalue weighted by molar-refractivity contribution is 5.95. The molecule has 0 saturated carbocycles. The maximum absolute atomic E-state index is 13.1. The Labute approximate surface area is 178 Å². The van der Waals surface area contributed by atoms with Crippen LogP contribution in [-0.2, 0) is 12.4 Å². The van der Waals surface area contributed by atoms with Crippen molar-refractivity contribution in [3.63, 3.8) is 0 Å². The van der Waals surface area contributed by atoms with E-state index in [2.05, 4.69) is 10.4 Å². The van der Waals surface area contributed by atoms with E-state index in [1.165, 1.54) is 31.2 Å². The molecule has 0 aliphatic carbocycles. The molecule has 1 unspecified atom stereocenters. The standard InChI is InChI=1S/C21H17F6N3O2/c1-12-16(10-29-30(12)14-6-4-5-13(9-14)20(22,23)24)19(32)28-11-18(31)15-7-2-3-8-17(15)21(25,26)27/h2-10,18,31H,11H2,1H3,(H,28,32). The summed E-state index contributed by atoms with van der Waals surface area (Å²) in [4.78, 5) is 12.5. The van der Waals surface area contributed by atoms with Crippen LogP contribution in [0, 0.1) is 6.92 Å². The van der Waals surface area contributed by atoms with Crippen LogP contribution in [0.25, 0.3) is 5.69 Å². The van der Waals surface area contributed by atoms with Gasteiger partial charge in [-0.1, -0.05) is 24.3 Å². The smallest absolute Gasteiger partial charge is 0.387 e. The van der Waals surface area contributed by atoms with Gasteiger partial charge in [0.15, 0.2) is 0 Å². The van der Waals surface area contributed by atoms with Crippen molar-refractivity contribution in [1.82, 2.24) is 15.1 Å². The SMILES string of the molecule is Cc1c(C(=O)NCC(O)c2ccccc2C(F)(F)F)cnn1-c1cccc(C(F)(F)F)c1. The normalized spacial score (nSPS) is 13.1. The van der Waals surface area contributed by atoms with Crippen LogP contribution in [-0.4, -0.2) is 27.3 Å². The van der Waals surface area contributed by atoms with Gasteiger partial charge in [0.25, 0.3) is 5.91 Å². The quantitative estimate of drug-likeness (QED) is 0.547. The third-order valence-corrected chi connectivity index (χ3v) is 4.75. The number of halogens is 6. The lowest BCUT2D eigenvalue weighted by Gasteiger charge is -2.18. The number of hydrogen-bond acceptors (Lipinski definition) is 3. The van der Waals surface area contributed by atoms with E-state index in [1.54, 1.807) is 0 Å². The molecule has 1 atom stereocenters. The van der Waals surface area contributed by atoms with Crippen LogP contribution >= 0.6 is 0 Å². The minimum absolute atomic E-state index is 0.00119. The Hall–Kier alpha value is -3.34. The van der Waals surface area contributed by atoms with E-state index < -0.39 is 47.6 Å². The fraction of sp³-hybridized carbons (Fsp3) is 0.238. The number of alkyl halides is 6. The monoisotopic (exact) mass is 457 g/mol. The molecule has 0 radical (unpaired) electrons. The molecular weight excluding hydrogens is 440 g/mol. The predicted octanol–water partition coefficient (Wildman–Crippen LogP) is 4.68. The zero-order valence-electron chi connectivity index (χ0n) is 16.5. The Morgan fingerprint density at radius 1 is 1.06 bits per heavy atom. The first-order chi connectivity index (χ1) is 14.9. The number of amides is 1. The first-order valence-electron chi connectivity index (χ1n) is 9.24. The second-order valence-corrected chi connectivity index (χ2v) is 6.91. The molecule has 3 rings (SSSR count). The average Bonchev–Trinajstić information content (AvgIpc) is 3.12. The molecule has 1 aromatic heterocycles. The van der Waals surface area contributed by atoms with Gasteiger partial charge in [-0.15, -0.1) is 0 Å². The summed E-state index contributed by atoms with van der Waals surface area (Å²) in [5.74, 6) is -0.746. The van der Waals surface area contributed by atoms with Crippen molar-refractivity contribution in [3.8, 4) is 5.69 Å². The van der Waals surface area contributed by atoms with E-state index in [-0.39, 0.29) is 16.9 Å². The molecule has 0 aliphatic rings. The van der Waals surface area contributed by atoms with Gasteiger partial charge >= 0.3 is 12.4 Å². The summed E-state index contributed by atoms with van der Waals surface area (Å²) in [5, 5.41) is 16.4. The second kappa shape index (κ2) is 8.65. The predicted molar refractivity (Wildman–Crippen MR) is 102 cm³/mol. The fourth-order valence-corrected chi connectivity index (χ4v) is 3.15. The number of aromatic nitrogens is 2. The van der Waals surface area contributed by atoms with Crippen LogP contribution in [0.4, 0.5) is 26.3 Å². The highest BCUT2D eigenvalue weighted by Crippen LogP contribution is 2.34. The van der Waals surface area contributed by atoms with Crippen LogP contribution in [0.5, 0.6) is 0 Å². The summed E-state index contributed by atoms with van der Waals surface area (Å²) in [6, 6.07) is 8.81. The summed E-state index contributed by atoms with van der Waals surface area (Å²) < 4.78 is 79.3. The molecule has 3 aromatic rings. The molecule has 1 heterocycles. The van der Waals surface area contributed by atoms with Crippen molar-refractivity contribution in [1.29, 1.82) is 0 Å². The van der Waals surface area contributed by atoms with Gasteiger partial charge in [0.1, 0.15) is 0 Å². The van der Waals surface area contributed by atoms with Crippen LogP contribution < -0.4 is 5.32 Å². The van der Waals surface area contributed by atoms with Gasteiger partial charge in [0, 0.05) is 6.54 Å². The molecule has 2 N–H and O–H groups in total. The van der Waals surface area contributed by atoms with Crippen LogP contribution in [0.1, 0.15) is 38.8 Å². The number of benzene rings is 2. The van der Waals surface area contributed by atoms with E-state index in [9.17, 15) is 36.2 Å². The molecule has 0 aliphatic heterocycles. The number of nitrogens with zero attached hydrogens (tertiary/aromatic N) is 2. The van der Waals surface area contributed by atoms with E-state index >= 15 is 0 Å². The van der Waals surface area contributed by atoms with E-state index in [0.717, 1.165) is 35.1 Å². The number of hydrogen-bond donors (Lipinski definition) is 2. The van der Waals surface area contributed by atoms with Gasteiger partial charge in [-0.2, -0.15) is 31.4 Å². The maximum Gasteiger partial charge on any atom is 0.416 e. The zero-order chi connectivity index (χ0) is 23.7. The Kier molecular flexibility index (Phi) is 6.31. The number of carbonyl (C=O) groups is 1. The maximum atomic E-state index is 13.1. The third kappa shape index (κ3) is 4.93. The lowest BCUT2D eigenvalue weighted by molar-refractivity contribution is -0.139. The molecular formula is C21H17F6N3O2. The largest absolute Gasteiger partial charge is 0.416 e. The van der Waals surface area contributed by atoms with Crippen LogP contribution in [0.3, 0.4) is 0 Å². The van der Waals surface area contributed by atoms with E-state index in [4.69, 9.17) is 0 Å². The van der Waals surface area contributed by atoms with Crippen molar-refractivity contribution in [2.24, 2.45) is 0 Å². The van der Waals surface area contributed by atoms with Crippen LogP contribution in [0.2, 0.25) is 0 Å². The Bertz CT molecular complexity index is 1120. The van der Waals surface area contributed by atoms with Crippen molar-refractivity contribution < 1.29 is 36.2 Å². The highest BCUT2D eigenvalue weighted by atomic mass is 19.4. The minimum Gasteiger partial charge on any atom is -0.387 e. The highest BCUT2D eigenvalue weighted by Gasteiger charge is 2.35. The van der Waals surface area contributed by atoms with Gasteiger partial charge in [0.05, 0.1) is 40.4 Å². The summed E-state index contributed by atoms with van der Waals surface area (Å²) in [5.41, 5.74) is -2.00. The second-order valence-electron chi connectivity index (χ2n) is 6.91.